The molecule has 7 aromatic rings. The number of nitrogens with zero attached hydrogens (tertiary/aromatic N) is 4. The number of fused-ring (bicyclic) bond motifs is 5. The zero-order valence-electron chi connectivity index (χ0n) is 23.5. The van der Waals surface area contributed by atoms with Crippen molar-refractivity contribution in [3.8, 4) is 39.5 Å². The number of para-hydroxylation sites is 1. The third-order valence-electron chi connectivity index (χ3n) is 8.70. The standard InChI is InChI=1S/C37H29N5/c1-37(2)32-12-5-3-11-30(32)31-23-26(17-20-33(31)37)34-14-8-22-41-39-36(42(34)41)25-15-18-28(19-16-25)40-24-27(9-7-21-38)29-10-4-6-13-35(29)40/h3-24,38H,1-2H3/b9-7-,38-21?. The van der Waals surface area contributed by atoms with E-state index in [0.717, 1.165) is 39.2 Å². The summed E-state index contributed by atoms with van der Waals surface area (Å²) in [6.45, 7) is 4.63. The molecule has 4 aromatic carbocycles. The summed E-state index contributed by atoms with van der Waals surface area (Å²) in [5.74, 6) is 0.922. The van der Waals surface area contributed by atoms with Gasteiger partial charge in [0.25, 0.3) is 0 Å². The predicted octanol–water partition coefficient (Wildman–Crippen LogP) is 8.68. The van der Waals surface area contributed by atoms with Crippen LogP contribution < -0.4 is 0 Å². The summed E-state index contributed by atoms with van der Waals surface area (Å²) in [4.78, 5) is 0. The highest BCUT2D eigenvalue weighted by molar-refractivity contribution is 5.93. The lowest BCUT2D eigenvalue weighted by atomic mass is 9.82. The highest BCUT2D eigenvalue weighted by Crippen LogP contribution is 2.49. The molecule has 42 heavy (non-hydrogen) atoms. The van der Waals surface area contributed by atoms with Gasteiger partial charge in [-0.1, -0.05) is 74.5 Å². The van der Waals surface area contributed by atoms with E-state index in [4.69, 9.17) is 10.5 Å². The fraction of sp³-hybridized carbons (Fsp3) is 0.0811. The molecule has 5 nitrogen and oxygen atoms in total. The molecule has 0 spiro atoms. The highest BCUT2D eigenvalue weighted by Gasteiger charge is 2.35. The van der Waals surface area contributed by atoms with Crippen molar-refractivity contribution in [3.05, 3.63) is 138 Å². The topological polar surface area (TPSA) is 50.5 Å². The maximum absolute atomic E-state index is 7.38. The summed E-state index contributed by atoms with van der Waals surface area (Å²) < 4.78 is 6.30. The van der Waals surface area contributed by atoms with Crippen LogP contribution in [0.15, 0.2) is 122 Å². The van der Waals surface area contributed by atoms with Crippen LogP contribution in [-0.4, -0.2) is 25.0 Å². The lowest BCUT2D eigenvalue weighted by Gasteiger charge is -2.22. The Kier molecular flexibility index (Phi) is 5.25. The molecule has 0 saturated heterocycles. The Labute approximate surface area is 244 Å². The van der Waals surface area contributed by atoms with Crippen LogP contribution in [0.4, 0.5) is 0 Å². The molecule has 0 fully saturated rings. The van der Waals surface area contributed by atoms with Crippen molar-refractivity contribution in [3.63, 3.8) is 0 Å². The van der Waals surface area contributed by atoms with Crippen molar-refractivity contribution in [2.45, 2.75) is 19.3 Å². The SMILES string of the molecule is CC1(C)c2ccccc2-c2cc(-c3cccn4nc(-c5ccc(-n6cc(/C=C\C=N)c7ccccc76)cc5)n34)ccc21. The van der Waals surface area contributed by atoms with Crippen molar-refractivity contribution >= 4 is 23.2 Å². The number of hydrogen-bond acceptors (Lipinski definition) is 2. The van der Waals surface area contributed by atoms with Crippen molar-refractivity contribution < 1.29 is 0 Å². The molecule has 5 heteroatoms. The molecule has 3 heterocycles. The molecular formula is C37H29N5. The van der Waals surface area contributed by atoms with E-state index in [9.17, 15) is 0 Å². The molecule has 3 aromatic heterocycles. The van der Waals surface area contributed by atoms with E-state index in [1.807, 2.05) is 16.9 Å². The number of hydrogen-bond donors (Lipinski definition) is 1. The number of benzene rings is 4. The molecule has 1 aliphatic rings. The zero-order chi connectivity index (χ0) is 28.4. The fourth-order valence-corrected chi connectivity index (χ4v) is 6.60. The minimum atomic E-state index is -0.00930. The smallest absolute Gasteiger partial charge is 0.183 e. The second-order valence-electron chi connectivity index (χ2n) is 11.4. The summed E-state index contributed by atoms with van der Waals surface area (Å²) in [7, 11) is 0. The van der Waals surface area contributed by atoms with E-state index in [1.165, 1.54) is 34.0 Å². The Morgan fingerprint density at radius 2 is 1.52 bits per heavy atom. The van der Waals surface area contributed by atoms with Crippen LogP contribution in [0.5, 0.6) is 0 Å². The largest absolute Gasteiger partial charge is 0.316 e. The molecule has 0 radical (unpaired) electrons. The summed E-state index contributed by atoms with van der Waals surface area (Å²) in [6, 6.07) is 36.8. The van der Waals surface area contributed by atoms with Gasteiger partial charge in [0.15, 0.2) is 5.82 Å². The predicted molar refractivity (Wildman–Crippen MR) is 172 cm³/mol. The maximum atomic E-state index is 7.38. The quantitative estimate of drug-likeness (QED) is 0.217. The Balaban J connectivity index is 1.20. The van der Waals surface area contributed by atoms with Crippen LogP contribution in [0.3, 0.4) is 0 Å². The van der Waals surface area contributed by atoms with Crippen LogP contribution in [0.1, 0.15) is 30.5 Å². The van der Waals surface area contributed by atoms with Crippen LogP contribution in [0.2, 0.25) is 0 Å². The summed E-state index contributed by atoms with van der Waals surface area (Å²) in [5.41, 5.74) is 12.0. The van der Waals surface area contributed by atoms with Gasteiger partial charge < -0.3 is 9.98 Å². The summed E-state index contributed by atoms with van der Waals surface area (Å²) >= 11 is 0. The van der Waals surface area contributed by atoms with Gasteiger partial charge in [0.1, 0.15) is 0 Å². The van der Waals surface area contributed by atoms with E-state index in [2.05, 4.69) is 132 Å². The van der Waals surface area contributed by atoms with Crippen molar-refractivity contribution in [2.75, 3.05) is 0 Å². The molecule has 0 unspecified atom stereocenters. The molecule has 1 aliphatic carbocycles. The molecule has 1 N–H and O–H groups in total. The first kappa shape index (κ1) is 24.4. The van der Waals surface area contributed by atoms with Gasteiger partial charge >= 0.3 is 0 Å². The third-order valence-corrected chi connectivity index (χ3v) is 8.70. The van der Waals surface area contributed by atoms with E-state index in [1.54, 1.807) is 6.08 Å². The first-order valence-corrected chi connectivity index (χ1v) is 14.2. The molecule has 0 aliphatic heterocycles. The van der Waals surface area contributed by atoms with Gasteiger partial charge in [-0.25, -0.2) is 4.52 Å². The number of aromatic nitrogens is 4. The molecule has 0 saturated carbocycles. The van der Waals surface area contributed by atoms with Gasteiger partial charge in [0, 0.05) is 51.8 Å². The average molecular weight is 544 g/mol. The molecule has 0 atom stereocenters. The Morgan fingerprint density at radius 3 is 2.38 bits per heavy atom. The maximum Gasteiger partial charge on any atom is 0.183 e. The Morgan fingerprint density at radius 1 is 0.762 bits per heavy atom. The molecule has 8 rings (SSSR count). The molecule has 0 amide bonds. The van der Waals surface area contributed by atoms with Gasteiger partial charge in [-0.3, -0.25) is 0 Å². The van der Waals surface area contributed by atoms with Crippen LogP contribution in [-0.2, 0) is 5.41 Å². The average Bonchev–Trinajstić information content (AvgIpc) is 3.49. The number of nitrogens with one attached hydrogen (secondary N) is 1. The minimum absolute atomic E-state index is 0.00930. The number of rotatable bonds is 5. The molecule has 0 bridgehead atoms. The zero-order valence-corrected chi connectivity index (χ0v) is 23.5. The summed E-state index contributed by atoms with van der Waals surface area (Å²) in [6.07, 6.45) is 9.17. The third kappa shape index (κ3) is 3.50. The lowest BCUT2D eigenvalue weighted by Crippen LogP contribution is -2.18. The van der Waals surface area contributed by atoms with Gasteiger partial charge in [-0.05, 0) is 76.9 Å². The van der Waals surface area contributed by atoms with E-state index < -0.39 is 0 Å². The van der Waals surface area contributed by atoms with Gasteiger partial charge in [0.05, 0.1) is 11.2 Å². The first-order chi connectivity index (χ1) is 20.5. The van der Waals surface area contributed by atoms with E-state index in [0.29, 0.717) is 0 Å². The second kappa shape index (κ2) is 9.05. The first-order valence-electron chi connectivity index (χ1n) is 14.2. The van der Waals surface area contributed by atoms with E-state index in [-0.39, 0.29) is 5.41 Å². The normalized spacial score (nSPS) is 13.7. The number of allylic oxidation sites excluding steroid dienone is 1. The Bertz CT molecular complexity index is 2180. The van der Waals surface area contributed by atoms with Gasteiger partial charge in [-0.2, -0.15) is 4.63 Å². The van der Waals surface area contributed by atoms with Crippen molar-refractivity contribution in [2.24, 2.45) is 0 Å². The van der Waals surface area contributed by atoms with Crippen LogP contribution in [0, 0.1) is 5.41 Å². The lowest BCUT2D eigenvalue weighted by molar-refractivity contribution is 0.603. The van der Waals surface area contributed by atoms with Gasteiger partial charge in [0.2, 0.25) is 0 Å². The van der Waals surface area contributed by atoms with Crippen LogP contribution in [0.25, 0.3) is 56.4 Å². The second-order valence-corrected chi connectivity index (χ2v) is 11.4. The van der Waals surface area contributed by atoms with Gasteiger partial charge in [-0.15, -0.1) is 5.10 Å². The Hall–Kier alpha value is -5.42. The summed E-state index contributed by atoms with van der Waals surface area (Å²) in [5, 5.41) is 13.4. The van der Waals surface area contributed by atoms with Crippen LogP contribution >= 0.6 is 0 Å². The minimum Gasteiger partial charge on any atom is -0.316 e. The monoisotopic (exact) mass is 543 g/mol. The van der Waals surface area contributed by atoms with Crippen molar-refractivity contribution in [1.82, 2.24) is 18.8 Å². The van der Waals surface area contributed by atoms with Crippen molar-refractivity contribution in [1.29, 1.82) is 5.41 Å². The molecule has 202 valence electrons. The molecular weight excluding hydrogens is 514 g/mol. The fourth-order valence-electron chi connectivity index (χ4n) is 6.60. The highest BCUT2D eigenvalue weighted by atomic mass is 15.5. The van der Waals surface area contributed by atoms with E-state index >= 15 is 0 Å².